The minimum atomic E-state index is 0.452. The Balaban J connectivity index is 2.16. The molecule has 1 aromatic heterocycles. The number of aromatic nitrogens is 2. The van der Waals surface area contributed by atoms with Crippen LogP contribution in [0.1, 0.15) is 30.4 Å². The molecule has 0 radical (unpaired) electrons. The van der Waals surface area contributed by atoms with Crippen LogP contribution in [0.3, 0.4) is 0 Å². The molecule has 0 saturated heterocycles. The molecule has 1 atom stereocenters. The Morgan fingerprint density at radius 3 is 3.33 bits per heavy atom. The van der Waals surface area contributed by atoms with Gasteiger partial charge in [0.2, 0.25) is 0 Å². The summed E-state index contributed by atoms with van der Waals surface area (Å²) in [4.78, 5) is 4.64. The number of thioether (sulfide) groups is 1. The average molecular weight is 225 g/mol. The second kappa shape index (κ2) is 5.03. The Morgan fingerprint density at radius 2 is 2.53 bits per heavy atom. The lowest BCUT2D eigenvalue weighted by Crippen LogP contribution is -2.22. The predicted octanol–water partition coefficient (Wildman–Crippen LogP) is 1.98. The van der Waals surface area contributed by atoms with Crippen molar-refractivity contribution < 1.29 is 0 Å². The van der Waals surface area contributed by atoms with Crippen LogP contribution < -0.4 is 5.32 Å². The molecule has 0 spiro atoms. The van der Waals surface area contributed by atoms with Gasteiger partial charge in [-0.3, -0.25) is 0 Å². The van der Waals surface area contributed by atoms with Crippen LogP contribution in [-0.2, 0) is 6.54 Å². The molecule has 0 aliphatic carbocycles. The van der Waals surface area contributed by atoms with Crippen LogP contribution in [0.5, 0.6) is 0 Å². The molecular weight excluding hydrogens is 206 g/mol. The van der Waals surface area contributed by atoms with Gasteiger partial charge in [-0.1, -0.05) is 0 Å². The number of hydrogen-bond donors (Lipinski definition) is 1. The number of aryl methyl sites for hydroxylation is 2. The number of hydrogen-bond acceptors (Lipinski definition) is 3. The van der Waals surface area contributed by atoms with Gasteiger partial charge in [0, 0.05) is 12.7 Å². The third kappa shape index (κ3) is 2.55. The first-order chi connectivity index (χ1) is 7.31. The van der Waals surface area contributed by atoms with Gasteiger partial charge in [-0.05, 0) is 38.3 Å². The van der Waals surface area contributed by atoms with Crippen LogP contribution in [0, 0.1) is 6.92 Å². The van der Waals surface area contributed by atoms with E-state index < -0.39 is 0 Å². The Kier molecular flexibility index (Phi) is 3.70. The summed E-state index contributed by atoms with van der Waals surface area (Å²) < 4.78 is 2.32. The molecule has 0 aromatic carbocycles. The summed E-state index contributed by atoms with van der Waals surface area (Å²) in [5.41, 5.74) is 1.14. The van der Waals surface area contributed by atoms with Crippen molar-refractivity contribution in [2.75, 3.05) is 18.6 Å². The molecule has 2 heterocycles. The molecular formula is C11H19N3S. The lowest BCUT2D eigenvalue weighted by Gasteiger charge is -2.14. The van der Waals surface area contributed by atoms with Crippen molar-refractivity contribution in [3.05, 3.63) is 17.7 Å². The SMILES string of the molecule is CSCCC1NCCCn2cc(C)nc21. The van der Waals surface area contributed by atoms with Gasteiger partial charge >= 0.3 is 0 Å². The fraction of sp³-hybridized carbons (Fsp3) is 0.727. The molecule has 1 N–H and O–H groups in total. The normalized spacial score (nSPS) is 21.1. The third-order valence-corrected chi connectivity index (χ3v) is 3.46. The minimum absolute atomic E-state index is 0.452. The van der Waals surface area contributed by atoms with Crippen molar-refractivity contribution in [1.29, 1.82) is 0 Å². The molecule has 1 aliphatic heterocycles. The van der Waals surface area contributed by atoms with Gasteiger partial charge in [0.15, 0.2) is 0 Å². The lowest BCUT2D eigenvalue weighted by molar-refractivity contribution is 0.517. The molecule has 15 heavy (non-hydrogen) atoms. The van der Waals surface area contributed by atoms with E-state index in [1.165, 1.54) is 24.4 Å². The Bertz CT molecular complexity index is 322. The van der Waals surface area contributed by atoms with Crippen LogP contribution in [0.15, 0.2) is 6.20 Å². The number of imidazole rings is 1. The molecule has 0 amide bonds. The molecule has 84 valence electrons. The smallest absolute Gasteiger partial charge is 0.126 e. The summed E-state index contributed by atoms with van der Waals surface area (Å²) in [6.07, 6.45) is 6.72. The Morgan fingerprint density at radius 1 is 1.67 bits per heavy atom. The largest absolute Gasteiger partial charge is 0.333 e. The first-order valence-electron chi connectivity index (χ1n) is 5.57. The summed E-state index contributed by atoms with van der Waals surface area (Å²) in [5.74, 6) is 2.43. The van der Waals surface area contributed by atoms with E-state index in [0.29, 0.717) is 6.04 Å². The van der Waals surface area contributed by atoms with E-state index in [-0.39, 0.29) is 0 Å². The fourth-order valence-electron chi connectivity index (χ4n) is 2.11. The van der Waals surface area contributed by atoms with Crippen LogP contribution in [0.2, 0.25) is 0 Å². The van der Waals surface area contributed by atoms with Crippen molar-refractivity contribution in [2.45, 2.75) is 32.4 Å². The van der Waals surface area contributed by atoms with E-state index in [4.69, 9.17) is 0 Å². The van der Waals surface area contributed by atoms with Gasteiger partial charge in [0.1, 0.15) is 5.82 Å². The van der Waals surface area contributed by atoms with E-state index in [1.54, 1.807) is 0 Å². The topological polar surface area (TPSA) is 29.9 Å². The highest BCUT2D eigenvalue weighted by molar-refractivity contribution is 7.98. The maximum absolute atomic E-state index is 4.64. The zero-order valence-electron chi connectivity index (χ0n) is 9.49. The van der Waals surface area contributed by atoms with E-state index in [2.05, 4.69) is 34.2 Å². The summed E-state index contributed by atoms with van der Waals surface area (Å²) in [5, 5.41) is 3.59. The molecule has 0 bridgehead atoms. The minimum Gasteiger partial charge on any atom is -0.333 e. The van der Waals surface area contributed by atoms with E-state index >= 15 is 0 Å². The molecule has 1 aromatic rings. The molecule has 3 nitrogen and oxygen atoms in total. The second-order valence-electron chi connectivity index (χ2n) is 4.08. The Hall–Kier alpha value is -0.480. The highest BCUT2D eigenvalue weighted by atomic mass is 32.2. The number of nitrogens with zero attached hydrogens (tertiary/aromatic N) is 2. The molecule has 1 aliphatic rings. The third-order valence-electron chi connectivity index (χ3n) is 2.82. The lowest BCUT2D eigenvalue weighted by atomic mass is 10.2. The number of rotatable bonds is 3. The maximum Gasteiger partial charge on any atom is 0.126 e. The summed E-state index contributed by atoms with van der Waals surface area (Å²) in [6, 6.07) is 0.452. The highest BCUT2D eigenvalue weighted by Gasteiger charge is 2.19. The van der Waals surface area contributed by atoms with E-state index in [9.17, 15) is 0 Å². The Labute approximate surface area is 95.7 Å². The molecule has 1 unspecified atom stereocenters. The van der Waals surface area contributed by atoms with Crippen molar-refractivity contribution >= 4 is 11.8 Å². The van der Waals surface area contributed by atoms with Gasteiger partial charge in [-0.25, -0.2) is 4.98 Å². The first kappa shape index (κ1) is 11.0. The summed E-state index contributed by atoms with van der Waals surface area (Å²) >= 11 is 1.91. The highest BCUT2D eigenvalue weighted by Crippen LogP contribution is 2.21. The second-order valence-corrected chi connectivity index (χ2v) is 5.06. The standard InChI is InChI=1S/C11H19N3S/c1-9-8-14-6-3-5-12-10(4-7-15-2)11(14)13-9/h8,10,12H,3-7H2,1-2H3. The summed E-state index contributed by atoms with van der Waals surface area (Å²) in [6.45, 7) is 4.30. The average Bonchev–Trinajstić information content (AvgIpc) is 2.49. The maximum atomic E-state index is 4.64. The zero-order valence-corrected chi connectivity index (χ0v) is 10.3. The summed E-state index contributed by atoms with van der Waals surface area (Å²) in [7, 11) is 0. The molecule has 0 saturated carbocycles. The van der Waals surface area contributed by atoms with Crippen molar-refractivity contribution in [3.8, 4) is 0 Å². The van der Waals surface area contributed by atoms with Crippen LogP contribution in [0.4, 0.5) is 0 Å². The van der Waals surface area contributed by atoms with E-state index in [0.717, 1.165) is 18.8 Å². The van der Waals surface area contributed by atoms with Crippen LogP contribution >= 0.6 is 11.8 Å². The number of fused-ring (bicyclic) bond motifs is 1. The van der Waals surface area contributed by atoms with Gasteiger partial charge < -0.3 is 9.88 Å². The fourth-order valence-corrected chi connectivity index (χ4v) is 2.58. The van der Waals surface area contributed by atoms with Crippen molar-refractivity contribution in [1.82, 2.24) is 14.9 Å². The monoisotopic (exact) mass is 225 g/mol. The zero-order chi connectivity index (χ0) is 10.7. The van der Waals surface area contributed by atoms with Crippen molar-refractivity contribution in [2.24, 2.45) is 0 Å². The first-order valence-corrected chi connectivity index (χ1v) is 6.96. The molecule has 0 fully saturated rings. The quantitative estimate of drug-likeness (QED) is 0.853. The van der Waals surface area contributed by atoms with Crippen molar-refractivity contribution in [3.63, 3.8) is 0 Å². The van der Waals surface area contributed by atoms with Gasteiger partial charge in [0.25, 0.3) is 0 Å². The number of nitrogens with one attached hydrogen (secondary N) is 1. The van der Waals surface area contributed by atoms with Crippen LogP contribution in [-0.4, -0.2) is 28.1 Å². The molecule has 2 rings (SSSR count). The van der Waals surface area contributed by atoms with E-state index in [1.807, 2.05) is 11.8 Å². The van der Waals surface area contributed by atoms with Gasteiger partial charge in [-0.2, -0.15) is 11.8 Å². The van der Waals surface area contributed by atoms with Crippen LogP contribution in [0.25, 0.3) is 0 Å². The van der Waals surface area contributed by atoms with Gasteiger partial charge in [-0.15, -0.1) is 0 Å². The van der Waals surface area contributed by atoms with Gasteiger partial charge in [0.05, 0.1) is 11.7 Å². The predicted molar refractivity (Wildman–Crippen MR) is 65.3 cm³/mol. The molecule has 4 heteroatoms.